The van der Waals surface area contributed by atoms with E-state index in [4.69, 9.17) is 0 Å². The van der Waals surface area contributed by atoms with Crippen molar-refractivity contribution in [2.75, 3.05) is 13.1 Å². The van der Waals surface area contributed by atoms with Gasteiger partial charge in [-0.1, -0.05) is 12.1 Å². The van der Waals surface area contributed by atoms with Gasteiger partial charge < -0.3 is 14.5 Å². The number of imidazole rings is 2. The summed E-state index contributed by atoms with van der Waals surface area (Å²) in [5.41, 5.74) is 3.13. The van der Waals surface area contributed by atoms with Crippen LogP contribution in [-0.4, -0.2) is 43.4 Å². The summed E-state index contributed by atoms with van der Waals surface area (Å²) in [4.78, 5) is 26.8. The molecule has 1 N–H and O–H groups in total. The summed E-state index contributed by atoms with van der Waals surface area (Å²) in [6, 6.07) is 8.02. The van der Waals surface area contributed by atoms with Crippen LogP contribution in [0.4, 0.5) is 0 Å². The Morgan fingerprint density at radius 1 is 1.32 bits per heavy atom. The summed E-state index contributed by atoms with van der Waals surface area (Å²) in [7, 11) is 0. The van der Waals surface area contributed by atoms with E-state index in [0.29, 0.717) is 18.9 Å². The van der Waals surface area contributed by atoms with E-state index in [1.165, 1.54) is 0 Å². The molecule has 3 aromatic rings. The van der Waals surface area contributed by atoms with E-state index >= 15 is 0 Å². The third kappa shape index (κ3) is 3.29. The smallest absolute Gasteiger partial charge is 0.224 e. The highest BCUT2D eigenvalue weighted by atomic mass is 16.2. The number of hydrogen-bond donors (Lipinski definition) is 1. The number of nitrogens with one attached hydrogen (secondary N) is 1. The predicted octanol–water partition coefficient (Wildman–Crippen LogP) is 2.86. The molecule has 1 fully saturated rings. The van der Waals surface area contributed by atoms with E-state index < -0.39 is 0 Å². The molecule has 2 aromatic heterocycles. The average molecular weight is 337 g/mol. The summed E-state index contributed by atoms with van der Waals surface area (Å²) < 4.78 is 2.06. The average Bonchev–Trinajstić information content (AvgIpc) is 3.26. The predicted molar refractivity (Wildman–Crippen MR) is 96.2 cm³/mol. The highest BCUT2D eigenvalue weighted by Crippen LogP contribution is 2.25. The summed E-state index contributed by atoms with van der Waals surface area (Å²) in [6.07, 6.45) is 6.31. The van der Waals surface area contributed by atoms with Gasteiger partial charge in [-0.3, -0.25) is 4.79 Å². The van der Waals surface area contributed by atoms with E-state index in [-0.39, 0.29) is 5.91 Å². The van der Waals surface area contributed by atoms with Crippen LogP contribution >= 0.6 is 0 Å². The van der Waals surface area contributed by atoms with Crippen molar-refractivity contribution in [3.8, 4) is 0 Å². The molecular formula is C19H23N5O. The van der Waals surface area contributed by atoms with Crippen LogP contribution in [0, 0.1) is 6.92 Å². The van der Waals surface area contributed by atoms with Crippen molar-refractivity contribution < 1.29 is 4.79 Å². The first-order chi connectivity index (χ1) is 12.2. The molecule has 1 aliphatic heterocycles. The fourth-order valence-electron chi connectivity index (χ4n) is 3.63. The van der Waals surface area contributed by atoms with E-state index in [1.54, 1.807) is 0 Å². The third-order valence-corrected chi connectivity index (χ3v) is 4.98. The summed E-state index contributed by atoms with van der Waals surface area (Å²) in [5.74, 6) is 1.54. The first kappa shape index (κ1) is 15.9. The highest BCUT2D eigenvalue weighted by molar-refractivity contribution is 5.77. The molecular weight excluding hydrogens is 314 g/mol. The zero-order valence-corrected chi connectivity index (χ0v) is 14.5. The monoisotopic (exact) mass is 337 g/mol. The summed E-state index contributed by atoms with van der Waals surface area (Å²) in [6.45, 7) is 4.29. The Bertz CT molecular complexity index is 881. The molecule has 0 bridgehead atoms. The lowest BCUT2D eigenvalue weighted by Crippen LogP contribution is -2.39. The number of para-hydroxylation sites is 2. The Morgan fingerprint density at radius 3 is 3.04 bits per heavy atom. The van der Waals surface area contributed by atoms with Gasteiger partial charge in [0.15, 0.2) is 0 Å². The van der Waals surface area contributed by atoms with E-state index in [1.807, 2.05) is 48.6 Å². The minimum absolute atomic E-state index is 0.214. The number of carbonyl (C=O) groups excluding carboxylic acids is 1. The summed E-state index contributed by atoms with van der Waals surface area (Å²) >= 11 is 0. The van der Waals surface area contributed by atoms with Gasteiger partial charge in [0.2, 0.25) is 5.91 Å². The maximum atomic E-state index is 12.7. The number of likely N-dealkylation sites (tertiary alicyclic amines) is 1. The van der Waals surface area contributed by atoms with Crippen LogP contribution in [0.5, 0.6) is 0 Å². The quantitative estimate of drug-likeness (QED) is 0.796. The molecule has 0 spiro atoms. The number of H-pyrrole nitrogens is 1. The first-order valence-corrected chi connectivity index (χ1v) is 8.90. The van der Waals surface area contributed by atoms with Crippen LogP contribution in [0.1, 0.15) is 36.7 Å². The molecule has 6 heteroatoms. The number of amides is 1. The van der Waals surface area contributed by atoms with Crippen LogP contribution in [0.3, 0.4) is 0 Å². The van der Waals surface area contributed by atoms with Gasteiger partial charge in [0.05, 0.1) is 17.4 Å². The molecule has 3 heterocycles. The maximum absolute atomic E-state index is 12.7. The Kier molecular flexibility index (Phi) is 4.26. The number of carbonyl (C=O) groups is 1. The van der Waals surface area contributed by atoms with Crippen LogP contribution in [-0.2, 0) is 11.3 Å². The molecule has 0 saturated carbocycles. The van der Waals surface area contributed by atoms with Crippen molar-refractivity contribution in [2.24, 2.45) is 0 Å². The minimum atomic E-state index is 0.214. The van der Waals surface area contributed by atoms with Crippen molar-refractivity contribution in [1.29, 1.82) is 0 Å². The molecule has 1 aliphatic rings. The van der Waals surface area contributed by atoms with Gasteiger partial charge in [0.1, 0.15) is 5.82 Å². The molecule has 6 nitrogen and oxygen atoms in total. The lowest BCUT2D eigenvalue weighted by atomic mass is 9.97. The Morgan fingerprint density at radius 2 is 2.20 bits per heavy atom. The number of aryl methyl sites for hydroxylation is 2. The molecule has 1 saturated heterocycles. The van der Waals surface area contributed by atoms with E-state index in [9.17, 15) is 4.79 Å². The van der Waals surface area contributed by atoms with E-state index in [2.05, 4.69) is 19.5 Å². The van der Waals surface area contributed by atoms with Gasteiger partial charge >= 0.3 is 0 Å². The van der Waals surface area contributed by atoms with Crippen molar-refractivity contribution in [1.82, 2.24) is 24.4 Å². The fraction of sp³-hybridized carbons (Fsp3) is 0.421. The van der Waals surface area contributed by atoms with Crippen LogP contribution in [0.15, 0.2) is 36.8 Å². The number of hydrogen-bond acceptors (Lipinski definition) is 3. The Balaban J connectivity index is 1.39. The van der Waals surface area contributed by atoms with Gasteiger partial charge in [0.25, 0.3) is 0 Å². The standard InChI is InChI=1S/C19H23N5O/c1-14-11-20-19(22-14)15-5-4-9-23(12-15)18(25)8-10-24-13-21-16-6-2-3-7-17(16)24/h2-3,6-7,11,13,15H,4-5,8-10,12H2,1H3,(H,20,22)/t15-/m1/s1. The second-order valence-corrected chi connectivity index (χ2v) is 6.81. The largest absolute Gasteiger partial charge is 0.346 e. The lowest BCUT2D eigenvalue weighted by Gasteiger charge is -2.32. The molecule has 4 rings (SSSR count). The zero-order valence-electron chi connectivity index (χ0n) is 14.5. The maximum Gasteiger partial charge on any atom is 0.224 e. The minimum Gasteiger partial charge on any atom is -0.346 e. The van der Waals surface area contributed by atoms with Crippen molar-refractivity contribution >= 4 is 16.9 Å². The van der Waals surface area contributed by atoms with Gasteiger partial charge in [-0.25, -0.2) is 9.97 Å². The SMILES string of the molecule is Cc1cnc([C@@H]2CCCN(C(=O)CCn3cnc4ccccc43)C2)[nH]1. The van der Waals surface area contributed by atoms with Crippen molar-refractivity contribution in [3.63, 3.8) is 0 Å². The normalized spacial score (nSPS) is 18.0. The van der Waals surface area contributed by atoms with Crippen molar-refractivity contribution in [2.45, 2.75) is 38.6 Å². The molecule has 0 radical (unpaired) electrons. The Labute approximate surface area is 146 Å². The first-order valence-electron chi connectivity index (χ1n) is 8.90. The number of aromatic amines is 1. The van der Waals surface area contributed by atoms with Crippen molar-refractivity contribution in [3.05, 3.63) is 48.3 Å². The number of nitrogens with zero attached hydrogens (tertiary/aromatic N) is 4. The Hall–Kier alpha value is -2.63. The molecule has 130 valence electrons. The zero-order chi connectivity index (χ0) is 17.2. The van der Waals surface area contributed by atoms with Gasteiger partial charge in [0, 0.05) is 43.9 Å². The molecule has 0 unspecified atom stereocenters. The molecule has 1 aromatic carbocycles. The van der Waals surface area contributed by atoms with Gasteiger partial charge in [-0.2, -0.15) is 0 Å². The number of rotatable bonds is 4. The fourth-order valence-corrected chi connectivity index (χ4v) is 3.63. The van der Waals surface area contributed by atoms with Gasteiger partial charge in [-0.15, -0.1) is 0 Å². The summed E-state index contributed by atoms with van der Waals surface area (Å²) in [5, 5.41) is 0. The highest BCUT2D eigenvalue weighted by Gasteiger charge is 2.26. The van der Waals surface area contributed by atoms with Crippen LogP contribution in [0.25, 0.3) is 11.0 Å². The number of aromatic nitrogens is 4. The second-order valence-electron chi connectivity index (χ2n) is 6.81. The topological polar surface area (TPSA) is 66.8 Å². The number of piperidine rings is 1. The molecule has 1 atom stereocenters. The number of benzene rings is 1. The lowest BCUT2D eigenvalue weighted by molar-refractivity contribution is -0.132. The van der Waals surface area contributed by atoms with Crippen LogP contribution < -0.4 is 0 Å². The third-order valence-electron chi connectivity index (χ3n) is 4.98. The second kappa shape index (κ2) is 6.70. The van der Waals surface area contributed by atoms with Gasteiger partial charge in [-0.05, 0) is 31.9 Å². The molecule has 25 heavy (non-hydrogen) atoms. The van der Waals surface area contributed by atoms with Crippen LogP contribution in [0.2, 0.25) is 0 Å². The molecule has 1 amide bonds. The number of fused-ring (bicyclic) bond motifs is 1. The van der Waals surface area contributed by atoms with E-state index in [0.717, 1.165) is 48.5 Å². The molecule has 0 aliphatic carbocycles.